The third-order valence-electron chi connectivity index (χ3n) is 1.42. The van der Waals surface area contributed by atoms with E-state index in [1.165, 1.54) is 0 Å². The second-order valence-corrected chi connectivity index (χ2v) is 5.62. The molecule has 0 aromatic rings. The molecule has 0 bridgehead atoms. The minimum Gasteiger partial charge on any atom is -0.521 e. The molecule has 0 fully saturated rings. The van der Waals surface area contributed by atoms with Crippen molar-refractivity contribution in [3.63, 3.8) is 0 Å². The maximum absolute atomic E-state index is 10.1. The molecule has 0 amide bonds. The lowest BCUT2D eigenvalue weighted by atomic mass is 11.0. The van der Waals surface area contributed by atoms with E-state index in [0.29, 0.717) is 0 Å². The van der Waals surface area contributed by atoms with Gasteiger partial charge in [0.1, 0.15) is 0 Å². The van der Waals surface area contributed by atoms with Gasteiger partial charge in [0.25, 0.3) is 0 Å². The molecule has 0 aliphatic heterocycles. The maximum Gasteiger partial charge on any atom is 0.0362 e. The van der Waals surface area contributed by atoms with E-state index >= 15 is 0 Å². The average molecular weight is 138 g/mol. The van der Waals surface area contributed by atoms with Crippen molar-refractivity contribution in [3.8, 4) is 0 Å². The van der Waals surface area contributed by atoms with Gasteiger partial charge in [0.15, 0.2) is 0 Å². The van der Waals surface area contributed by atoms with Gasteiger partial charge in [0.2, 0.25) is 0 Å². The van der Waals surface area contributed by atoms with E-state index in [4.69, 9.17) is 0 Å². The molecular formula is C5H14O2S. The molecule has 0 aliphatic carbocycles. The Labute approximate surface area is 52.3 Å². The second-order valence-electron chi connectivity index (χ2n) is 1.87. The van der Waals surface area contributed by atoms with Crippen LogP contribution in [-0.2, 0) is 0 Å². The summed E-state index contributed by atoms with van der Waals surface area (Å²) in [4.78, 5) is 0. The van der Waals surface area contributed by atoms with E-state index in [9.17, 15) is 5.26 Å². The second kappa shape index (κ2) is 3.33. The molecule has 52 valence electrons. The smallest absolute Gasteiger partial charge is 0.0362 e. The van der Waals surface area contributed by atoms with E-state index in [2.05, 4.69) is 4.33 Å². The quantitative estimate of drug-likeness (QED) is 0.322. The summed E-state index contributed by atoms with van der Waals surface area (Å²) in [7, 11) is -1.08. The molecule has 0 spiro atoms. The molecule has 0 heterocycles. The van der Waals surface area contributed by atoms with Crippen LogP contribution in [-0.4, -0.2) is 22.1 Å². The molecule has 2 nitrogen and oxygen atoms in total. The summed E-state index contributed by atoms with van der Waals surface area (Å²) in [5.74, 6) is 1.85. The van der Waals surface area contributed by atoms with Gasteiger partial charge in [0.05, 0.1) is 0 Å². The van der Waals surface area contributed by atoms with E-state index in [0.717, 1.165) is 11.5 Å². The monoisotopic (exact) mass is 138 g/mol. The van der Waals surface area contributed by atoms with Gasteiger partial charge in [-0.25, -0.2) is 0 Å². The summed E-state index contributed by atoms with van der Waals surface area (Å²) >= 11 is 0. The highest BCUT2D eigenvalue weighted by atomic mass is 32.3. The first kappa shape index (κ1) is 8.27. The number of hydrogen-bond acceptors (Lipinski definition) is 1. The van der Waals surface area contributed by atoms with Crippen molar-refractivity contribution in [2.24, 2.45) is 0 Å². The van der Waals surface area contributed by atoms with Gasteiger partial charge >= 0.3 is 0 Å². The zero-order valence-corrected chi connectivity index (χ0v) is 6.49. The Balaban J connectivity index is 3.58. The van der Waals surface area contributed by atoms with Crippen molar-refractivity contribution in [3.05, 3.63) is 0 Å². The normalized spacial score (nSPS) is 14.0. The zero-order chi connectivity index (χ0) is 6.62. The fraction of sp³-hybridized carbons (Fsp3) is 1.00. The molecule has 0 aromatic heterocycles. The van der Waals surface area contributed by atoms with Crippen molar-refractivity contribution < 1.29 is 9.59 Å². The molecule has 0 unspecified atom stereocenters. The van der Waals surface area contributed by atoms with Crippen LogP contribution >= 0.6 is 10.3 Å². The lowest BCUT2D eigenvalue weighted by Crippen LogP contribution is -2.20. The molecule has 0 aromatic carbocycles. The van der Waals surface area contributed by atoms with Crippen LogP contribution in [0.1, 0.15) is 13.8 Å². The topological polar surface area (TPSA) is 35.9 Å². The highest BCUT2D eigenvalue weighted by Gasteiger charge is 2.13. The van der Waals surface area contributed by atoms with Crippen molar-refractivity contribution in [2.45, 2.75) is 13.8 Å². The minimum atomic E-state index is -1.08. The lowest BCUT2D eigenvalue weighted by Gasteiger charge is -2.28. The summed E-state index contributed by atoms with van der Waals surface area (Å²) in [6, 6.07) is 0. The van der Waals surface area contributed by atoms with Gasteiger partial charge in [-0.3, -0.25) is 0 Å². The van der Waals surface area contributed by atoms with Crippen LogP contribution in [0, 0.1) is 0 Å². The Morgan fingerprint density at radius 3 is 1.75 bits per heavy atom. The largest absolute Gasteiger partial charge is 0.521 e. The van der Waals surface area contributed by atoms with E-state index in [1.54, 1.807) is 0 Å². The molecule has 1 N–H and O–H groups in total. The van der Waals surface area contributed by atoms with Gasteiger partial charge in [-0.15, -0.1) is 0 Å². The van der Waals surface area contributed by atoms with Crippen molar-refractivity contribution in [1.82, 2.24) is 0 Å². The first-order valence-electron chi connectivity index (χ1n) is 2.76. The summed E-state index contributed by atoms with van der Waals surface area (Å²) in [5.41, 5.74) is 0. The standard InChI is InChI=1S/C5H14O2S/c1-4-8(3,5-2)7-6/h7H,4-5H2,1-3H3. The summed E-state index contributed by atoms with van der Waals surface area (Å²) in [6.07, 6.45) is 1.96. The third-order valence-corrected chi connectivity index (χ3v) is 4.27. The Kier molecular flexibility index (Phi) is 3.44. The molecule has 0 aliphatic rings. The van der Waals surface area contributed by atoms with Crippen LogP contribution in [0.25, 0.3) is 0 Å². The molecule has 0 saturated heterocycles. The number of rotatable bonds is 3. The highest BCUT2D eigenvalue weighted by molar-refractivity contribution is 8.28. The molecule has 3 heteroatoms. The van der Waals surface area contributed by atoms with Crippen LogP contribution in [0.4, 0.5) is 0 Å². The van der Waals surface area contributed by atoms with Gasteiger partial charge in [-0.1, -0.05) is 13.8 Å². The van der Waals surface area contributed by atoms with E-state index in [-0.39, 0.29) is 0 Å². The molecule has 0 atom stereocenters. The summed E-state index contributed by atoms with van der Waals surface area (Å²) in [5, 5.41) is 10.1. The van der Waals surface area contributed by atoms with E-state index in [1.807, 2.05) is 20.1 Å². The SMILES string of the molecule is CCS(C)(CC)[OH+][O-]. The lowest BCUT2D eigenvalue weighted by molar-refractivity contribution is -0.713. The molecule has 0 rings (SSSR count). The van der Waals surface area contributed by atoms with E-state index < -0.39 is 10.3 Å². The Hall–Kier alpha value is 0.270. The predicted molar refractivity (Wildman–Crippen MR) is 37.2 cm³/mol. The Bertz CT molecular complexity index is 53.2. The maximum atomic E-state index is 10.1. The minimum absolute atomic E-state index is 0.924. The van der Waals surface area contributed by atoms with Crippen LogP contribution in [0.2, 0.25) is 0 Å². The Morgan fingerprint density at radius 1 is 1.38 bits per heavy atom. The van der Waals surface area contributed by atoms with Gasteiger partial charge in [-0.05, 0) is 10.3 Å². The zero-order valence-electron chi connectivity index (χ0n) is 5.68. The first-order chi connectivity index (χ1) is 3.68. The predicted octanol–water partition coefficient (Wildman–Crippen LogP) is 0.745. The van der Waals surface area contributed by atoms with Crippen LogP contribution in [0.15, 0.2) is 0 Å². The van der Waals surface area contributed by atoms with Gasteiger partial charge < -0.3 is 9.59 Å². The summed E-state index contributed by atoms with van der Waals surface area (Å²) in [6.45, 7) is 4.03. The van der Waals surface area contributed by atoms with Crippen LogP contribution in [0.5, 0.6) is 0 Å². The van der Waals surface area contributed by atoms with Crippen molar-refractivity contribution >= 4 is 10.3 Å². The van der Waals surface area contributed by atoms with Crippen LogP contribution < -0.4 is 5.26 Å². The number of hydrogen-bond donors (Lipinski definition) is 0. The fourth-order valence-corrected chi connectivity index (χ4v) is 0.929. The highest BCUT2D eigenvalue weighted by Crippen LogP contribution is 2.39. The summed E-state index contributed by atoms with van der Waals surface area (Å²) < 4.78 is 3.09. The Morgan fingerprint density at radius 2 is 1.75 bits per heavy atom. The molecule has 0 radical (unpaired) electrons. The van der Waals surface area contributed by atoms with Gasteiger partial charge in [0, 0.05) is 17.8 Å². The molecule has 8 heavy (non-hydrogen) atoms. The van der Waals surface area contributed by atoms with Crippen LogP contribution in [0.3, 0.4) is 0 Å². The van der Waals surface area contributed by atoms with Crippen molar-refractivity contribution in [2.75, 3.05) is 17.8 Å². The third kappa shape index (κ3) is 2.03. The average Bonchev–Trinajstić information content (AvgIpc) is 1.87. The molecule has 0 saturated carbocycles. The van der Waals surface area contributed by atoms with Gasteiger partial charge in [-0.2, -0.15) is 0 Å². The van der Waals surface area contributed by atoms with Crippen molar-refractivity contribution in [1.29, 1.82) is 0 Å². The first-order valence-corrected chi connectivity index (χ1v) is 5.10. The fourth-order valence-electron chi connectivity index (χ4n) is 0.310. The molecular weight excluding hydrogens is 124 g/mol.